The Hall–Kier alpha value is -0.540. The Morgan fingerprint density at radius 3 is 1.50 bits per heavy atom. The van der Waals surface area contributed by atoms with Crippen molar-refractivity contribution in [2.75, 3.05) is 0 Å². The molecule has 0 amide bonds. The van der Waals surface area contributed by atoms with Crippen LogP contribution in [0.5, 0.6) is 0 Å². The molecule has 4 heteroatoms. The topological polar surface area (TPSA) is 0 Å². The average Bonchev–Trinajstić information content (AvgIpc) is 1.67. The van der Waals surface area contributed by atoms with Gasteiger partial charge in [-0.05, 0) is 6.92 Å². The normalized spacial score (nSPS) is 8.50. The predicted octanol–water partition coefficient (Wildman–Crippen LogP) is 3.30. The maximum Gasteiger partial charge on any atom is 0.388 e. The highest BCUT2D eigenvalue weighted by molar-refractivity contribution is 4.51. The zero-order valence-electron chi connectivity index (χ0n) is 6.03. The van der Waals surface area contributed by atoms with Crippen LogP contribution in [-0.4, -0.2) is 6.18 Å². The highest BCUT2D eigenvalue weighted by atomic mass is 19.4. The average molecular weight is 160 g/mol. The van der Waals surface area contributed by atoms with Crippen LogP contribution in [0.1, 0.15) is 20.3 Å². The van der Waals surface area contributed by atoms with Gasteiger partial charge < -0.3 is 0 Å². The summed E-state index contributed by atoms with van der Waals surface area (Å²) in [6, 6.07) is 0. The summed E-state index contributed by atoms with van der Waals surface area (Å²) in [7, 11) is 0. The maximum absolute atomic E-state index is 10.8. The van der Waals surface area contributed by atoms with Crippen LogP contribution in [0.15, 0.2) is 12.7 Å². The summed E-state index contributed by atoms with van der Waals surface area (Å²) < 4.78 is 32.4. The van der Waals surface area contributed by atoms with E-state index < -0.39 is 12.6 Å². The van der Waals surface area contributed by atoms with Crippen LogP contribution >= 0.6 is 0 Å². The van der Waals surface area contributed by atoms with Crippen molar-refractivity contribution in [3.05, 3.63) is 12.7 Å². The summed E-state index contributed by atoms with van der Waals surface area (Å²) in [5.41, 5.74) is 0. The molecule has 0 aromatic heterocycles. The van der Waals surface area contributed by atoms with Crippen LogP contribution in [0.4, 0.5) is 17.9 Å². The molecule has 0 aliphatic carbocycles. The SMILES string of the molecule is C=CC.CCC(F)(F)F.F. The number of halogens is 4. The summed E-state index contributed by atoms with van der Waals surface area (Å²) in [5, 5.41) is 0. The van der Waals surface area contributed by atoms with E-state index in [1.54, 1.807) is 6.08 Å². The summed E-state index contributed by atoms with van der Waals surface area (Å²) in [5.74, 6) is 0. The van der Waals surface area contributed by atoms with Gasteiger partial charge in [0.2, 0.25) is 0 Å². The van der Waals surface area contributed by atoms with E-state index in [4.69, 9.17) is 0 Å². The minimum atomic E-state index is -3.96. The fourth-order valence-corrected chi connectivity index (χ4v) is 0. The molecule has 10 heavy (non-hydrogen) atoms. The first-order chi connectivity index (χ1) is 3.97. The van der Waals surface area contributed by atoms with Gasteiger partial charge in [0.15, 0.2) is 0 Å². The third-order valence-electron chi connectivity index (χ3n) is 0.401. The molecule has 0 heterocycles. The van der Waals surface area contributed by atoms with Gasteiger partial charge in [0, 0.05) is 6.42 Å². The fraction of sp³-hybridized carbons (Fsp3) is 0.667. The van der Waals surface area contributed by atoms with Crippen molar-refractivity contribution in [2.45, 2.75) is 26.4 Å². The highest BCUT2D eigenvalue weighted by Crippen LogP contribution is 2.17. The van der Waals surface area contributed by atoms with E-state index >= 15 is 0 Å². The molecule has 0 nitrogen and oxygen atoms in total. The van der Waals surface area contributed by atoms with Crippen molar-refractivity contribution in [2.24, 2.45) is 0 Å². The summed E-state index contributed by atoms with van der Waals surface area (Å²) in [6.07, 6.45) is -2.94. The van der Waals surface area contributed by atoms with Crippen molar-refractivity contribution in [1.29, 1.82) is 0 Å². The van der Waals surface area contributed by atoms with Crippen molar-refractivity contribution in [3.63, 3.8) is 0 Å². The molecular formula is C6H12F4. The molecule has 0 aliphatic heterocycles. The lowest BCUT2D eigenvalue weighted by molar-refractivity contribution is -0.130. The van der Waals surface area contributed by atoms with E-state index in [0.29, 0.717) is 0 Å². The molecule has 0 aromatic rings. The van der Waals surface area contributed by atoms with Crippen LogP contribution in [0.2, 0.25) is 0 Å². The molecule has 0 aromatic carbocycles. The zero-order valence-corrected chi connectivity index (χ0v) is 6.03. The fourth-order valence-electron chi connectivity index (χ4n) is 0. The molecule has 0 bridgehead atoms. The number of hydrogen-bond acceptors (Lipinski definition) is 0. The first kappa shape index (κ1) is 16.2. The van der Waals surface area contributed by atoms with Crippen LogP contribution in [0.25, 0.3) is 0 Å². The first-order valence-corrected chi connectivity index (χ1v) is 2.61. The molecule has 0 fully saturated rings. The second-order valence-electron chi connectivity index (χ2n) is 1.38. The Bertz CT molecular complexity index is 64.6. The van der Waals surface area contributed by atoms with E-state index in [0.717, 1.165) is 6.92 Å². The highest BCUT2D eigenvalue weighted by Gasteiger charge is 2.22. The van der Waals surface area contributed by atoms with Gasteiger partial charge in [-0.1, -0.05) is 13.0 Å². The molecule has 0 atom stereocenters. The second kappa shape index (κ2) is 8.46. The molecule has 0 unspecified atom stereocenters. The van der Waals surface area contributed by atoms with Gasteiger partial charge in [-0.3, -0.25) is 4.70 Å². The van der Waals surface area contributed by atoms with E-state index in [1.807, 2.05) is 6.92 Å². The standard InChI is InChI=1S/C3H5F3.C3H6.FH/c1-2-3(4,5)6;1-3-2;/h2H2,1H3;3H,1H2,2H3;1H. The quantitative estimate of drug-likeness (QED) is 0.376. The van der Waals surface area contributed by atoms with Crippen LogP contribution < -0.4 is 0 Å². The molecular weight excluding hydrogens is 148 g/mol. The maximum atomic E-state index is 10.8. The molecule has 0 aliphatic rings. The smallest absolute Gasteiger partial charge is 0.269 e. The second-order valence-corrected chi connectivity index (χ2v) is 1.38. The Morgan fingerprint density at radius 1 is 1.40 bits per heavy atom. The van der Waals surface area contributed by atoms with Crippen molar-refractivity contribution < 1.29 is 17.9 Å². The lowest BCUT2D eigenvalue weighted by atomic mass is 10.5. The molecule has 0 radical (unpaired) electrons. The van der Waals surface area contributed by atoms with Gasteiger partial charge in [0.05, 0.1) is 0 Å². The summed E-state index contributed by atoms with van der Waals surface area (Å²) >= 11 is 0. The molecule has 0 saturated carbocycles. The largest absolute Gasteiger partial charge is 0.388 e. The Balaban J connectivity index is -0.000000107. The Kier molecular flexibility index (Phi) is 13.7. The lowest BCUT2D eigenvalue weighted by Crippen LogP contribution is -2.02. The van der Waals surface area contributed by atoms with Crippen LogP contribution in [0.3, 0.4) is 0 Å². The van der Waals surface area contributed by atoms with Crippen molar-refractivity contribution >= 4 is 0 Å². The van der Waals surface area contributed by atoms with Gasteiger partial charge in [0.1, 0.15) is 0 Å². The van der Waals surface area contributed by atoms with E-state index in [-0.39, 0.29) is 4.70 Å². The van der Waals surface area contributed by atoms with Gasteiger partial charge in [-0.2, -0.15) is 13.2 Å². The third kappa shape index (κ3) is 51.4. The Morgan fingerprint density at radius 2 is 1.50 bits per heavy atom. The number of rotatable bonds is 0. The number of alkyl halides is 3. The number of allylic oxidation sites excluding steroid dienone is 1. The van der Waals surface area contributed by atoms with E-state index in [2.05, 4.69) is 6.58 Å². The van der Waals surface area contributed by atoms with Gasteiger partial charge in [0.25, 0.3) is 0 Å². The molecule has 0 saturated heterocycles. The third-order valence-corrected chi connectivity index (χ3v) is 0.401. The number of hydrogen-bond donors (Lipinski definition) is 0. The lowest BCUT2D eigenvalue weighted by Gasteiger charge is -1.96. The van der Waals surface area contributed by atoms with Gasteiger partial charge >= 0.3 is 6.18 Å². The monoisotopic (exact) mass is 160 g/mol. The van der Waals surface area contributed by atoms with Crippen molar-refractivity contribution in [3.8, 4) is 0 Å². The van der Waals surface area contributed by atoms with Crippen molar-refractivity contribution in [1.82, 2.24) is 0 Å². The minimum Gasteiger partial charge on any atom is -0.269 e. The minimum absolute atomic E-state index is 0. The predicted molar refractivity (Wildman–Crippen MR) is 34.7 cm³/mol. The van der Waals surface area contributed by atoms with Crippen LogP contribution in [-0.2, 0) is 0 Å². The molecule has 0 spiro atoms. The van der Waals surface area contributed by atoms with E-state index in [9.17, 15) is 13.2 Å². The van der Waals surface area contributed by atoms with Gasteiger partial charge in [-0.15, -0.1) is 6.58 Å². The summed E-state index contributed by atoms with van der Waals surface area (Å²) in [4.78, 5) is 0. The summed E-state index contributed by atoms with van der Waals surface area (Å²) in [6.45, 7) is 6.33. The zero-order chi connectivity index (χ0) is 7.91. The Labute approximate surface area is 58.1 Å². The van der Waals surface area contributed by atoms with Gasteiger partial charge in [-0.25, -0.2) is 0 Å². The molecule has 0 rings (SSSR count). The van der Waals surface area contributed by atoms with E-state index in [1.165, 1.54) is 0 Å². The molecule has 64 valence electrons. The first-order valence-electron chi connectivity index (χ1n) is 2.61. The molecule has 0 N–H and O–H groups in total. The van der Waals surface area contributed by atoms with Crippen LogP contribution in [0, 0.1) is 0 Å².